The fourth-order valence-electron chi connectivity index (χ4n) is 5.99. The summed E-state index contributed by atoms with van der Waals surface area (Å²) in [6.45, 7) is 3.65. The smallest absolute Gasteiger partial charge is 0.379 e. The minimum atomic E-state index is -4.55. The summed E-state index contributed by atoms with van der Waals surface area (Å²) in [5.74, 6) is -0.339. The Balaban J connectivity index is 1.35. The maximum absolute atomic E-state index is 13.7. The quantitative estimate of drug-likeness (QED) is 0.422. The van der Waals surface area contributed by atoms with Crippen LogP contribution in [-0.2, 0) is 27.4 Å². The Labute approximate surface area is 229 Å². The van der Waals surface area contributed by atoms with Gasteiger partial charge in [-0.3, -0.25) is 4.90 Å². The Bertz CT molecular complexity index is 1530. The summed E-state index contributed by atoms with van der Waals surface area (Å²) in [7, 11) is -4.03. The molecule has 1 aromatic heterocycles. The number of hydrogen-bond acceptors (Lipinski definition) is 5. The van der Waals surface area contributed by atoms with E-state index in [0.29, 0.717) is 32.6 Å². The van der Waals surface area contributed by atoms with Crippen molar-refractivity contribution in [1.29, 1.82) is 0 Å². The third-order valence-electron chi connectivity index (χ3n) is 8.04. The summed E-state index contributed by atoms with van der Waals surface area (Å²) in [6.07, 6.45) is 0.325. The second kappa shape index (κ2) is 10.1. The van der Waals surface area contributed by atoms with Crippen molar-refractivity contribution in [3.63, 3.8) is 0 Å². The zero-order valence-corrected chi connectivity index (χ0v) is 22.4. The van der Waals surface area contributed by atoms with Gasteiger partial charge in [0.25, 0.3) is 0 Å². The number of hydrogen-bond donors (Lipinski definition) is 0. The topological polar surface area (TPSA) is 67.7 Å². The molecule has 3 heterocycles. The van der Waals surface area contributed by atoms with Crippen LogP contribution in [0.5, 0.6) is 0 Å². The van der Waals surface area contributed by atoms with Crippen molar-refractivity contribution in [3.05, 3.63) is 82.9 Å². The Kier molecular flexibility index (Phi) is 6.84. The van der Waals surface area contributed by atoms with Crippen LogP contribution in [0, 0.1) is 11.2 Å². The van der Waals surface area contributed by atoms with E-state index in [0.717, 1.165) is 59.9 Å². The fourth-order valence-corrected chi connectivity index (χ4v) is 7.51. The molecule has 0 unspecified atom stereocenters. The number of nitrogens with zero attached hydrogens (tertiary/aromatic N) is 4. The molecule has 2 aliphatic heterocycles. The molecule has 2 aromatic carbocycles. The van der Waals surface area contributed by atoms with Gasteiger partial charge in [-0.25, -0.2) is 17.5 Å². The molecule has 12 heteroatoms. The summed E-state index contributed by atoms with van der Waals surface area (Å²) in [5.41, 5.74) is 2.24. The zero-order valence-electron chi connectivity index (χ0n) is 21.6. The summed E-state index contributed by atoms with van der Waals surface area (Å²) in [6, 6.07) is 9.77. The lowest BCUT2D eigenvalue weighted by Gasteiger charge is -2.48. The van der Waals surface area contributed by atoms with E-state index >= 15 is 0 Å². The van der Waals surface area contributed by atoms with Gasteiger partial charge in [-0.05, 0) is 73.0 Å². The molecule has 212 valence electrons. The van der Waals surface area contributed by atoms with Gasteiger partial charge in [0.15, 0.2) is 0 Å². The number of alkyl halides is 3. The number of ether oxygens (including phenoxy) is 1. The van der Waals surface area contributed by atoms with E-state index in [2.05, 4.69) is 16.1 Å². The van der Waals surface area contributed by atoms with E-state index in [9.17, 15) is 26.0 Å². The number of rotatable bonds is 5. The molecule has 0 N–H and O–H groups in total. The van der Waals surface area contributed by atoms with Gasteiger partial charge < -0.3 is 4.74 Å². The van der Waals surface area contributed by atoms with Crippen molar-refractivity contribution >= 4 is 16.1 Å². The van der Waals surface area contributed by atoms with Crippen molar-refractivity contribution in [2.75, 3.05) is 45.9 Å². The second-order valence-electron chi connectivity index (χ2n) is 10.6. The lowest BCUT2D eigenvalue weighted by Crippen LogP contribution is -2.55. The number of halogens is 4. The van der Waals surface area contributed by atoms with E-state index in [-0.39, 0.29) is 23.8 Å². The van der Waals surface area contributed by atoms with Gasteiger partial charge in [0.05, 0.1) is 41.3 Å². The van der Waals surface area contributed by atoms with Crippen molar-refractivity contribution in [2.24, 2.45) is 5.41 Å². The van der Waals surface area contributed by atoms with E-state index in [4.69, 9.17) is 4.74 Å². The molecule has 3 aromatic rings. The maximum atomic E-state index is 13.7. The van der Waals surface area contributed by atoms with E-state index in [1.165, 1.54) is 16.4 Å². The molecule has 0 amide bonds. The van der Waals surface area contributed by atoms with Crippen molar-refractivity contribution in [3.8, 4) is 5.69 Å². The first-order valence-electron chi connectivity index (χ1n) is 13.1. The largest absolute Gasteiger partial charge is 0.416 e. The molecule has 2 saturated heterocycles. The molecule has 2 fully saturated rings. The summed E-state index contributed by atoms with van der Waals surface area (Å²) in [5, 5.41) is 4.57. The monoisotopic (exact) mass is 576 g/mol. The van der Waals surface area contributed by atoms with Gasteiger partial charge in [0, 0.05) is 38.1 Å². The molecular weight excluding hydrogens is 548 g/mol. The number of morpholine rings is 1. The average molecular weight is 577 g/mol. The summed E-state index contributed by atoms with van der Waals surface area (Å²) in [4.78, 5) is 2.12. The van der Waals surface area contributed by atoms with Crippen LogP contribution < -0.4 is 0 Å². The van der Waals surface area contributed by atoms with Gasteiger partial charge >= 0.3 is 6.18 Å². The SMILES string of the molecule is O=S(=O)(c1ccc(C(F)(F)F)cc1)N1CCC2=Cc3c(cnn3-c3ccc(F)cc3)C[C@]2(CN2CCOCC2)C1. The van der Waals surface area contributed by atoms with Gasteiger partial charge in [0.1, 0.15) is 5.82 Å². The third kappa shape index (κ3) is 4.98. The number of sulfonamides is 1. The predicted molar refractivity (Wildman–Crippen MR) is 140 cm³/mol. The molecule has 0 bridgehead atoms. The molecule has 7 nitrogen and oxygen atoms in total. The molecule has 1 aliphatic carbocycles. The van der Waals surface area contributed by atoms with Crippen LogP contribution in [0.1, 0.15) is 23.2 Å². The first-order chi connectivity index (χ1) is 19.0. The van der Waals surface area contributed by atoms with Crippen molar-refractivity contribution in [1.82, 2.24) is 19.0 Å². The highest BCUT2D eigenvalue weighted by Crippen LogP contribution is 2.46. The third-order valence-corrected chi connectivity index (χ3v) is 9.90. The van der Waals surface area contributed by atoms with Crippen LogP contribution in [0.15, 0.2) is 65.2 Å². The lowest BCUT2D eigenvalue weighted by molar-refractivity contribution is -0.137. The van der Waals surface area contributed by atoms with Crippen molar-refractivity contribution < 1.29 is 30.7 Å². The van der Waals surface area contributed by atoms with E-state index < -0.39 is 27.2 Å². The molecular formula is C28H28F4N4O3S. The molecule has 0 spiro atoms. The van der Waals surface area contributed by atoms with Crippen LogP contribution in [0.2, 0.25) is 0 Å². The molecule has 0 radical (unpaired) electrons. The Hall–Kier alpha value is -3.06. The Morgan fingerprint density at radius 2 is 1.68 bits per heavy atom. The first kappa shape index (κ1) is 27.1. The normalized spacial score (nSPS) is 22.4. The minimum absolute atomic E-state index is 0.157. The minimum Gasteiger partial charge on any atom is -0.379 e. The number of piperidine rings is 1. The fraction of sp³-hybridized carbons (Fsp3) is 0.393. The van der Waals surface area contributed by atoms with Gasteiger partial charge in [-0.2, -0.15) is 22.6 Å². The van der Waals surface area contributed by atoms with Crippen LogP contribution in [0.3, 0.4) is 0 Å². The zero-order chi connectivity index (χ0) is 28.1. The van der Waals surface area contributed by atoms with Gasteiger partial charge in [-0.1, -0.05) is 5.57 Å². The van der Waals surface area contributed by atoms with Gasteiger partial charge in [0.2, 0.25) is 10.0 Å². The predicted octanol–water partition coefficient (Wildman–Crippen LogP) is 4.38. The van der Waals surface area contributed by atoms with Crippen LogP contribution in [0.25, 0.3) is 11.8 Å². The molecule has 40 heavy (non-hydrogen) atoms. The second-order valence-corrected chi connectivity index (χ2v) is 12.5. The molecule has 6 rings (SSSR count). The Morgan fingerprint density at radius 1 is 0.975 bits per heavy atom. The maximum Gasteiger partial charge on any atom is 0.416 e. The van der Waals surface area contributed by atoms with E-state index in [1.54, 1.807) is 23.0 Å². The molecule has 1 atom stereocenters. The number of benzene rings is 2. The molecule has 0 saturated carbocycles. The summed E-state index contributed by atoms with van der Waals surface area (Å²) < 4.78 is 88.8. The van der Waals surface area contributed by atoms with Crippen LogP contribution >= 0.6 is 0 Å². The Morgan fingerprint density at radius 3 is 2.35 bits per heavy atom. The highest BCUT2D eigenvalue weighted by Gasteiger charge is 2.47. The average Bonchev–Trinajstić information content (AvgIpc) is 3.34. The van der Waals surface area contributed by atoms with Crippen molar-refractivity contribution in [2.45, 2.75) is 23.9 Å². The number of aromatic nitrogens is 2. The van der Waals surface area contributed by atoms with Gasteiger partial charge in [-0.15, -0.1) is 0 Å². The van der Waals surface area contributed by atoms with Crippen LogP contribution in [-0.4, -0.2) is 73.3 Å². The number of fused-ring (bicyclic) bond motifs is 2. The highest BCUT2D eigenvalue weighted by molar-refractivity contribution is 7.89. The first-order valence-corrected chi connectivity index (χ1v) is 14.5. The van der Waals surface area contributed by atoms with Crippen LogP contribution in [0.4, 0.5) is 17.6 Å². The highest BCUT2D eigenvalue weighted by atomic mass is 32.2. The standard InChI is InChI=1S/C28H28F4N4O3S/c29-23-3-5-24(6-4-23)36-26-15-22-9-10-35(40(37,38)25-7-1-21(2-8-25)28(30,31)32)19-27(22,16-20(26)17-33-36)18-34-11-13-39-14-12-34/h1-8,15,17H,9-14,16,18-19H2/t27-/m0/s1. The lowest BCUT2D eigenvalue weighted by atomic mass is 9.68. The molecule has 3 aliphatic rings. The van der Waals surface area contributed by atoms with E-state index in [1.807, 2.05) is 0 Å². The summed E-state index contributed by atoms with van der Waals surface area (Å²) >= 11 is 0.